The van der Waals surface area contributed by atoms with Gasteiger partial charge < -0.3 is 5.32 Å². The van der Waals surface area contributed by atoms with Gasteiger partial charge in [0, 0.05) is 12.1 Å². The van der Waals surface area contributed by atoms with E-state index in [0.717, 1.165) is 17.9 Å². The number of hydrogen-bond acceptors (Lipinski definition) is 1. The standard InChI is InChI=1S/C15H33N/c1-7-13(5)11-15(8-2)16-14(6)10-9-12(3)4/h12-16H,7-11H2,1-6H3. The first-order valence-electron chi connectivity index (χ1n) is 7.25. The van der Waals surface area contributed by atoms with Crippen molar-refractivity contribution in [1.29, 1.82) is 0 Å². The third kappa shape index (κ3) is 8.15. The molecule has 0 aliphatic heterocycles. The van der Waals surface area contributed by atoms with E-state index in [1.165, 1.54) is 32.1 Å². The average molecular weight is 227 g/mol. The van der Waals surface area contributed by atoms with Crippen LogP contribution in [0.3, 0.4) is 0 Å². The molecule has 0 heterocycles. The second kappa shape index (κ2) is 9.04. The van der Waals surface area contributed by atoms with Crippen LogP contribution >= 0.6 is 0 Å². The molecule has 0 rings (SSSR count). The maximum atomic E-state index is 3.79. The van der Waals surface area contributed by atoms with Crippen LogP contribution in [0.2, 0.25) is 0 Å². The van der Waals surface area contributed by atoms with Crippen molar-refractivity contribution >= 4 is 0 Å². The summed E-state index contributed by atoms with van der Waals surface area (Å²) >= 11 is 0. The van der Waals surface area contributed by atoms with Crippen LogP contribution in [0.5, 0.6) is 0 Å². The second-order valence-corrected chi connectivity index (χ2v) is 5.89. The summed E-state index contributed by atoms with van der Waals surface area (Å²) in [6.07, 6.45) is 6.55. The normalized spacial score (nSPS) is 17.4. The van der Waals surface area contributed by atoms with E-state index in [0.29, 0.717) is 6.04 Å². The van der Waals surface area contributed by atoms with E-state index in [2.05, 4.69) is 46.9 Å². The summed E-state index contributed by atoms with van der Waals surface area (Å²) in [6, 6.07) is 1.40. The van der Waals surface area contributed by atoms with Gasteiger partial charge in [0.15, 0.2) is 0 Å². The molecule has 1 heteroatoms. The molecule has 0 bridgehead atoms. The Morgan fingerprint density at radius 2 is 1.50 bits per heavy atom. The SMILES string of the molecule is CCC(C)CC(CC)NC(C)CCC(C)C. The fraction of sp³-hybridized carbons (Fsp3) is 1.00. The van der Waals surface area contributed by atoms with Crippen LogP contribution in [0.25, 0.3) is 0 Å². The molecule has 16 heavy (non-hydrogen) atoms. The number of nitrogens with one attached hydrogen (secondary N) is 1. The summed E-state index contributed by atoms with van der Waals surface area (Å²) in [7, 11) is 0. The predicted molar refractivity (Wildman–Crippen MR) is 74.8 cm³/mol. The molecule has 0 aliphatic carbocycles. The Hall–Kier alpha value is -0.0400. The molecule has 0 fully saturated rings. The molecule has 0 aromatic rings. The van der Waals surface area contributed by atoms with Crippen molar-refractivity contribution in [2.45, 2.75) is 85.7 Å². The highest BCUT2D eigenvalue weighted by Gasteiger charge is 2.13. The van der Waals surface area contributed by atoms with Crippen molar-refractivity contribution in [3.8, 4) is 0 Å². The molecule has 0 saturated heterocycles. The van der Waals surface area contributed by atoms with E-state index in [1.807, 2.05) is 0 Å². The van der Waals surface area contributed by atoms with Gasteiger partial charge in [-0.2, -0.15) is 0 Å². The molecule has 3 atom stereocenters. The zero-order valence-electron chi connectivity index (χ0n) is 12.3. The van der Waals surface area contributed by atoms with E-state index in [1.54, 1.807) is 0 Å². The van der Waals surface area contributed by atoms with Gasteiger partial charge in [-0.1, -0.05) is 41.0 Å². The summed E-state index contributed by atoms with van der Waals surface area (Å²) in [5, 5.41) is 3.79. The Labute approximate surface area is 103 Å². The average Bonchev–Trinajstić information content (AvgIpc) is 2.25. The monoisotopic (exact) mass is 227 g/mol. The fourth-order valence-corrected chi connectivity index (χ4v) is 2.07. The Morgan fingerprint density at radius 3 is 1.94 bits per heavy atom. The van der Waals surface area contributed by atoms with Gasteiger partial charge in [0.05, 0.1) is 0 Å². The van der Waals surface area contributed by atoms with E-state index in [-0.39, 0.29) is 0 Å². The molecular weight excluding hydrogens is 194 g/mol. The van der Waals surface area contributed by atoms with Crippen molar-refractivity contribution in [1.82, 2.24) is 5.32 Å². The molecule has 0 spiro atoms. The summed E-state index contributed by atoms with van der Waals surface area (Å²) in [5.74, 6) is 1.69. The van der Waals surface area contributed by atoms with Crippen LogP contribution in [0.1, 0.15) is 73.6 Å². The van der Waals surface area contributed by atoms with E-state index in [4.69, 9.17) is 0 Å². The van der Waals surface area contributed by atoms with Crippen LogP contribution in [0.4, 0.5) is 0 Å². The zero-order valence-corrected chi connectivity index (χ0v) is 12.3. The minimum Gasteiger partial charge on any atom is -0.312 e. The largest absolute Gasteiger partial charge is 0.312 e. The molecule has 1 N–H and O–H groups in total. The van der Waals surface area contributed by atoms with Gasteiger partial charge in [0.2, 0.25) is 0 Å². The summed E-state index contributed by atoms with van der Waals surface area (Å²) in [4.78, 5) is 0. The van der Waals surface area contributed by atoms with Gasteiger partial charge in [0.25, 0.3) is 0 Å². The van der Waals surface area contributed by atoms with Crippen molar-refractivity contribution in [3.63, 3.8) is 0 Å². The Kier molecular flexibility index (Phi) is 9.02. The molecule has 3 unspecified atom stereocenters. The van der Waals surface area contributed by atoms with Crippen molar-refractivity contribution in [2.24, 2.45) is 11.8 Å². The molecule has 0 radical (unpaired) electrons. The van der Waals surface area contributed by atoms with Crippen LogP contribution in [0, 0.1) is 11.8 Å². The topological polar surface area (TPSA) is 12.0 Å². The first-order valence-corrected chi connectivity index (χ1v) is 7.25. The van der Waals surface area contributed by atoms with Gasteiger partial charge in [0.1, 0.15) is 0 Å². The Balaban J connectivity index is 3.82. The van der Waals surface area contributed by atoms with Crippen LogP contribution in [-0.2, 0) is 0 Å². The zero-order chi connectivity index (χ0) is 12.6. The highest BCUT2D eigenvalue weighted by atomic mass is 14.9. The van der Waals surface area contributed by atoms with Gasteiger partial charge >= 0.3 is 0 Å². The molecule has 0 aromatic carbocycles. The van der Waals surface area contributed by atoms with E-state index >= 15 is 0 Å². The fourth-order valence-electron chi connectivity index (χ4n) is 2.07. The predicted octanol–water partition coefficient (Wildman–Crippen LogP) is 4.62. The summed E-state index contributed by atoms with van der Waals surface area (Å²) in [5.41, 5.74) is 0. The van der Waals surface area contributed by atoms with Crippen LogP contribution < -0.4 is 5.32 Å². The minimum absolute atomic E-state index is 0.677. The molecule has 0 saturated carbocycles. The maximum absolute atomic E-state index is 3.79. The van der Waals surface area contributed by atoms with Gasteiger partial charge in [-0.05, 0) is 44.4 Å². The smallest absolute Gasteiger partial charge is 0.00694 e. The van der Waals surface area contributed by atoms with Gasteiger partial charge in [-0.15, -0.1) is 0 Å². The lowest BCUT2D eigenvalue weighted by Gasteiger charge is -2.25. The number of rotatable bonds is 9. The van der Waals surface area contributed by atoms with E-state index in [9.17, 15) is 0 Å². The third-order valence-corrected chi connectivity index (χ3v) is 3.57. The highest BCUT2D eigenvalue weighted by molar-refractivity contribution is 4.72. The van der Waals surface area contributed by atoms with Crippen LogP contribution in [-0.4, -0.2) is 12.1 Å². The van der Waals surface area contributed by atoms with Crippen molar-refractivity contribution in [3.05, 3.63) is 0 Å². The van der Waals surface area contributed by atoms with Gasteiger partial charge in [-0.25, -0.2) is 0 Å². The first-order chi connectivity index (χ1) is 7.49. The first kappa shape index (κ1) is 16.0. The second-order valence-electron chi connectivity index (χ2n) is 5.89. The van der Waals surface area contributed by atoms with Crippen LogP contribution in [0.15, 0.2) is 0 Å². The van der Waals surface area contributed by atoms with Crippen molar-refractivity contribution in [2.75, 3.05) is 0 Å². The molecular formula is C15H33N. The quantitative estimate of drug-likeness (QED) is 0.606. The number of hydrogen-bond donors (Lipinski definition) is 1. The van der Waals surface area contributed by atoms with Gasteiger partial charge in [-0.3, -0.25) is 0 Å². The lowest BCUT2D eigenvalue weighted by Crippen LogP contribution is -2.37. The molecule has 98 valence electrons. The minimum atomic E-state index is 0.677. The maximum Gasteiger partial charge on any atom is 0.00694 e. The molecule has 0 aromatic heterocycles. The summed E-state index contributed by atoms with van der Waals surface area (Å²) in [6.45, 7) is 13.9. The van der Waals surface area contributed by atoms with Crippen molar-refractivity contribution < 1.29 is 0 Å². The summed E-state index contributed by atoms with van der Waals surface area (Å²) < 4.78 is 0. The molecule has 0 aliphatic rings. The Morgan fingerprint density at radius 1 is 0.875 bits per heavy atom. The van der Waals surface area contributed by atoms with E-state index < -0.39 is 0 Å². The Bertz CT molecular complexity index is 154. The molecule has 1 nitrogen and oxygen atoms in total. The molecule has 0 amide bonds. The highest BCUT2D eigenvalue weighted by Crippen LogP contribution is 2.14. The third-order valence-electron chi connectivity index (χ3n) is 3.57. The lowest BCUT2D eigenvalue weighted by molar-refractivity contribution is 0.338. The lowest BCUT2D eigenvalue weighted by atomic mass is 9.96.